The maximum absolute atomic E-state index is 14.0. The van der Waals surface area contributed by atoms with Crippen LogP contribution in [0.1, 0.15) is 24.6 Å². The van der Waals surface area contributed by atoms with E-state index < -0.39 is 5.82 Å². The molecule has 3 heterocycles. The van der Waals surface area contributed by atoms with Crippen molar-refractivity contribution < 1.29 is 8.91 Å². The first-order chi connectivity index (χ1) is 11.6. The Balaban J connectivity index is 1.67. The van der Waals surface area contributed by atoms with E-state index in [-0.39, 0.29) is 6.04 Å². The van der Waals surface area contributed by atoms with E-state index in [1.165, 1.54) is 18.2 Å². The molecule has 1 aromatic carbocycles. The van der Waals surface area contributed by atoms with E-state index in [0.717, 1.165) is 31.0 Å². The average Bonchev–Trinajstić information content (AvgIpc) is 3.28. The van der Waals surface area contributed by atoms with Crippen LogP contribution in [0.3, 0.4) is 0 Å². The molecule has 1 fully saturated rings. The fraction of sp³-hybridized carbons (Fsp3) is 0.312. The predicted octanol–water partition coefficient (Wildman–Crippen LogP) is 3.60. The lowest BCUT2D eigenvalue weighted by atomic mass is 10.1. The van der Waals surface area contributed by atoms with Gasteiger partial charge in [0.05, 0.1) is 11.6 Å². The van der Waals surface area contributed by atoms with Gasteiger partial charge in [-0.1, -0.05) is 16.8 Å². The van der Waals surface area contributed by atoms with Crippen LogP contribution in [0, 0.1) is 5.82 Å². The molecule has 1 aliphatic rings. The van der Waals surface area contributed by atoms with Gasteiger partial charge in [-0.25, -0.2) is 4.39 Å². The number of rotatable bonds is 3. The predicted molar refractivity (Wildman–Crippen MR) is 87.2 cm³/mol. The van der Waals surface area contributed by atoms with Crippen molar-refractivity contribution >= 4 is 17.5 Å². The van der Waals surface area contributed by atoms with Gasteiger partial charge in [0, 0.05) is 24.7 Å². The summed E-state index contributed by atoms with van der Waals surface area (Å²) in [5.41, 5.74) is 1.06. The van der Waals surface area contributed by atoms with Crippen molar-refractivity contribution in [3.63, 3.8) is 0 Å². The number of hydrogen-bond donors (Lipinski definition) is 0. The summed E-state index contributed by atoms with van der Waals surface area (Å²) in [6.07, 6.45) is 3.61. The van der Waals surface area contributed by atoms with Gasteiger partial charge in [-0.15, -0.1) is 10.2 Å². The SMILES string of the molecule is Cn1cnnc1N1CCC[C@@H]1c1cc(-c2cc(Cl)ccc2F)on1. The van der Waals surface area contributed by atoms with Crippen LogP contribution >= 0.6 is 11.6 Å². The number of hydrogen-bond acceptors (Lipinski definition) is 5. The topological polar surface area (TPSA) is 60.0 Å². The number of benzene rings is 1. The van der Waals surface area contributed by atoms with Crippen molar-refractivity contribution in [2.24, 2.45) is 7.05 Å². The minimum atomic E-state index is -0.390. The van der Waals surface area contributed by atoms with Crippen molar-refractivity contribution in [2.45, 2.75) is 18.9 Å². The van der Waals surface area contributed by atoms with Crippen LogP contribution in [0.5, 0.6) is 0 Å². The minimum absolute atomic E-state index is 0.0349. The molecule has 0 aliphatic carbocycles. The zero-order valence-corrected chi connectivity index (χ0v) is 13.7. The lowest BCUT2D eigenvalue weighted by molar-refractivity contribution is 0.414. The largest absolute Gasteiger partial charge is 0.356 e. The zero-order valence-electron chi connectivity index (χ0n) is 13.0. The third kappa shape index (κ3) is 2.54. The molecule has 0 radical (unpaired) electrons. The van der Waals surface area contributed by atoms with Crippen molar-refractivity contribution in [3.05, 3.63) is 47.1 Å². The fourth-order valence-corrected chi connectivity index (χ4v) is 3.28. The first-order valence-electron chi connectivity index (χ1n) is 7.66. The maximum Gasteiger partial charge on any atom is 0.227 e. The molecule has 6 nitrogen and oxygen atoms in total. The van der Waals surface area contributed by atoms with E-state index in [0.29, 0.717) is 16.3 Å². The number of aromatic nitrogens is 4. The first-order valence-corrected chi connectivity index (χ1v) is 8.04. The lowest BCUT2D eigenvalue weighted by Crippen LogP contribution is -2.25. The summed E-state index contributed by atoms with van der Waals surface area (Å²) in [6.45, 7) is 0.866. The summed E-state index contributed by atoms with van der Waals surface area (Å²) in [5.74, 6) is 0.768. The quantitative estimate of drug-likeness (QED) is 0.724. The van der Waals surface area contributed by atoms with E-state index in [9.17, 15) is 4.39 Å². The first kappa shape index (κ1) is 15.1. The van der Waals surface area contributed by atoms with Crippen LogP contribution in [-0.4, -0.2) is 26.5 Å². The highest BCUT2D eigenvalue weighted by Gasteiger charge is 2.31. The Kier molecular flexibility index (Phi) is 3.72. The van der Waals surface area contributed by atoms with E-state index >= 15 is 0 Å². The summed E-state index contributed by atoms with van der Waals surface area (Å²) in [4.78, 5) is 2.14. The lowest BCUT2D eigenvalue weighted by Gasteiger charge is -2.22. The fourth-order valence-electron chi connectivity index (χ4n) is 3.11. The van der Waals surface area contributed by atoms with Gasteiger partial charge in [-0.05, 0) is 31.0 Å². The second kappa shape index (κ2) is 5.90. The summed E-state index contributed by atoms with van der Waals surface area (Å²) in [6, 6.07) is 6.17. The molecule has 24 heavy (non-hydrogen) atoms. The van der Waals surface area contributed by atoms with Crippen LogP contribution < -0.4 is 4.90 Å². The molecule has 0 bridgehead atoms. The van der Waals surface area contributed by atoms with Gasteiger partial charge in [0.1, 0.15) is 17.8 Å². The molecule has 0 amide bonds. The molecule has 0 saturated carbocycles. The van der Waals surface area contributed by atoms with Crippen LogP contribution in [0.25, 0.3) is 11.3 Å². The van der Waals surface area contributed by atoms with Crippen LogP contribution in [0.2, 0.25) is 5.02 Å². The molecule has 0 N–H and O–H groups in total. The monoisotopic (exact) mass is 347 g/mol. The Hall–Kier alpha value is -2.41. The van der Waals surface area contributed by atoms with Crippen molar-refractivity contribution in [3.8, 4) is 11.3 Å². The molecule has 8 heteroatoms. The second-order valence-electron chi connectivity index (χ2n) is 5.83. The Labute approximate surface area is 142 Å². The van der Waals surface area contributed by atoms with Crippen LogP contribution in [0.4, 0.5) is 10.3 Å². The van der Waals surface area contributed by atoms with Gasteiger partial charge in [0.15, 0.2) is 5.76 Å². The summed E-state index contributed by atoms with van der Waals surface area (Å²) in [7, 11) is 1.90. The Bertz CT molecular complexity index is 877. The molecule has 0 spiro atoms. The van der Waals surface area contributed by atoms with E-state index in [2.05, 4.69) is 20.3 Å². The average molecular weight is 348 g/mol. The molecule has 0 unspecified atom stereocenters. The van der Waals surface area contributed by atoms with E-state index in [1.807, 2.05) is 11.6 Å². The molecule has 4 rings (SSSR count). The van der Waals surface area contributed by atoms with Crippen molar-refractivity contribution in [1.29, 1.82) is 0 Å². The van der Waals surface area contributed by atoms with Crippen LogP contribution in [0.15, 0.2) is 35.1 Å². The highest BCUT2D eigenvalue weighted by atomic mass is 35.5. The van der Waals surface area contributed by atoms with Gasteiger partial charge in [-0.2, -0.15) is 0 Å². The second-order valence-corrected chi connectivity index (χ2v) is 6.27. The summed E-state index contributed by atoms with van der Waals surface area (Å²) in [5, 5.41) is 12.7. The van der Waals surface area contributed by atoms with Gasteiger partial charge in [-0.3, -0.25) is 0 Å². The van der Waals surface area contributed by atoms with Crippen molar-refractivity contribution in [1.82, 2.24) is 19.9 Å². The van der Waals surface area contributed by atoms with Crippen molar-refractivity contribution in [2.75, 3.05) is 11.4 Å². The zero-order chi connectivity index (χ0) is 16.7. The third-order valence-corrected chi connectivity index (χ3v) is 4.50. The molecule has 1 aliphatic heterocycles. The molecule has 2 aromatic heterocycles. The van der Waals surface area contributed by atoms with Gasteiger partial charge >= 0.3 is 0 Å². The van der Waals surface area contributed by atoms with Gasteiger partial charge in [0.2, 0.25) is 5.95 Å². The molecule has 3 aromatic rings. The van der Waals surface area contributed by atoms with E-state index in [4.69, 9.17) is 16.1 Å². The smallest absolute Gasteiger partial charge is 0.227 e. The Morgan fingerprint density at radius 1 is 1.33 bits per heavy atom. The molecular weight excluding hydrogens is 333 g/mol. The van der Waals surface area contributed by atoms with Gasteiger partial charge in [0.25, 0.3) is 0 Å². The summed E-state index contributed by atoms with van der Waals surface area (Å²) >= 11 is 5.95. The third-order valence-electron chi connectivity index (χ3n) is 4.26. The number of anilines is 1. The molecule has 1 atom stereocenters. The standard InChI is InChI=1S/C16H15ClFN5O/c1-22-9-19-20-16(22)23-6-2-3-14(23)13-8-15(24-21-13)11-7-10(17)4-5-12(11)18/h4-5,7-9,14H,2-3,6H2,1H3/t14-/m1/s1. The maximum atomic E-state index is 14.0. The molecule has 1 saturated heterocycles. The number of halogens is 2. The summed E-state index contributed by atoms with van der Waals surface area (Å²) < 4.78 is 21.3. The highest BCUT2D eigenvalue weighted by molar-refractivity contribution is 6.30. The highest BCUT2D eigenvalue weighted by Crippen LogP contribution is 2.36. The Morgan fingerprint density at radius 2 is 2.21 bits per heavy atom. The van der Waals surface area contributed by atoms with E-state index in [1.54, 1.807) is 12.4 Å². The van der Waals surface area contributed by atoms with Crippen LogP contribution in [-0.2, 0) is 7.05 Å². The minimum Gasteiger partial charge on any atom is -0.356 e. The van der Waals surface area contributed by atoms with Gasteiger partial charge < -0.3 is 14.0 Å². The number of nitrogens with zero attached hydrogens (tertiary/aromatic N) is 5. The molecule has 124 valence electrons. The normalized spacial score (nSPS) is 17.6. The number of aryl methyl sites for hydroxylation is 1. The Morgan fingerprint density at radius 3 is 3.00 bits per heavy atom. The molecular formula is C16H15ClFN5O.